The van der Waals surface area contributed by atoms with Crippen LogP contribution in [0, 0.1) is 5.82 Å². The van der Waals surface area contributed by atoms with Crippen LogP contribution >= 0.6 is 0 Å². The summed E-state index contributed by atoms with van der Waals surface area (Å²) in [5.41, 5.74) is 1.51. The summed E-state index contributed by atoms with van der Waals surface area (Å²) >= 11 is 0. The summed E-state index contributed by atoms with van der Waals surface area (Å²) in [6.07, 6.45) is 3.59. The molecule has 0 amide bonds. The van der Waals surface area contributed by atoms with Crippen LogP contribution in [0.4, 0.5) is 10.1 Å². The highest BCUT2D eigenvalue weighted by atomic mass is 19.1. The largest absolute Gasteiger partial charge is 0.383 e. The monoisotopic (exact) mass is 249 g/mol. The first-order valence-corrected chi connectivity index (χ1v) is 5.78. The van der Waals surface area contributed by atoms with Gasteiger partial charge in [-0.1, -0.05) is 18.2 Å². The molecule has 0 unspecified atom stereocenters. The highest BCUT2D eigenvalue weighted by Gasteiger charge is 2.02. The first-order valence-electron chi connectivity index (χ1n) is 5.78. The number of methoxy groups -OCH3 is 1. The minimum atomic E-state index is -0.197. The van der Waals surface area contributed by atoms with Gasteiger partial charge < -0.3 is 10.1 Å². The third kappa shape index (κ3) is 3.30. The number of rotatable bonds is 6. The fourth-order valence-corrected chi connectivity index (χ4v) is 1.60. The normalized spacial score (nSPS) is 10.6. The van der Waals surface area contributed by atoms with Crippen molar-refractivity contribution in [1.29, 1.82) is 0 Å². The van der Waals surface area contributed by atoms with Crippen molar-refractivity contribution in [3.05, 3.63) is 48.0 Å². The molecule has 0 atom stereocenters. The van der Waals surface area contributed by atoms with Gasteiger partial charge in [0.2, 0.25) is 0 Å². The van der Waals surface area contributed by atoms with Gasteiger partial charge in [-0.2, -0.15) is 5.10 Å². The lowest BCUT2D eigenvalue weighted by molar-refractivity contribution is 0.183. The number of ether oxygens (including phenoxy) is 1. The predicted octanol–water partition coefficient (Wildman–Crippen LogP) is 2.28. The van der Waals surface area contributed by atoms with Crippen LogP contribution in [-0.2, 0) is 17.8 Å². The van der Waals surface area contributed by atoms with E-state index in [1.807, 2.05) is 12.3 Å². The lowest BCUT2D eigenvalue weighted by Gasteiger charge is -2.04. The van der Waals surface area contributed by atoms with E-state index in [0.29, 0.717) is 25.3 Å². The molecule has 0 aliphatic heterocycles. The lowest BCUT2D eigenvalue weighted by Crippen LogP contribution is -2.04. The molecule has 2 aromatic rings. The van der Waals surface area contributed by atoms with E-state index in [1.54, 1.807) is 30.1 Å². The number of benzene rings is 1. The molecule has 1 aromatic carbocycles. The number of hydrogen-bond donors (Lipinski definition) is 1. The molecular weight excluding hydrogens is 233 g/mol. The maximum atomic E-state index is 13.4. The fraction of sp³-hybridized carbons (Fsp3) is 0.308. The molecule has 96 valence electrons. The lowest BCUT2D eigenvalue weighted by atomic mass is 10.2. The van der Waals surface area contributed by atoms with Crippen LogP contribution in [0.5, 0.6) is 0 Å². The first-order chi connectivity index (χ1) is 8.79. The second-order valence-corrected chi connectivity index (χ2v) is 3.93. The summed E-state index contributed by atoms with van der Waals surface area (Å²) in [7, 11) is 1.65. The van der Waals surface area contributed by atoms with Crippen LogP contribution in [0.1, 0.15) is 5.56 Å². The van der Waals surface area contributed by atoms with Crippen molar-refractivity contribution in [1.82, 2.24) is 9.78 Å². The van der Waals surface area contributed by atoms with Crippen LogP contribution in [-0.4, -0.2) is 23.5 Å². The molecule has 0 bridgehead atoms. The van der Waals surface area contributed by atoms with E-state index in [-0.39, 0.29) is 5.82 Å². The van der Waals surface area contributed by atoms with E-state index in [2.05, 4.69) is 10.4 Å². The maximum absolute atomic E-state index is 13.4. The quantitative estimate of drug-likeness (QED) is 0.853. The van der Waals surface area contributed by atoms with Crippen LogP contribution in [0.15, 0.2) is 36.7 Å². The summed E-state index contributed by atoms with van der Waals surface area (Å²) < 4.78 is 20.1. The summed E-state index contributed by atoms with van der Waals surface area (Å²) in [6, 6.07) is 6.72. The Bertz CT molecular complexity index is 498. The number of hydrogen-bond acceptors (Lipinski definition) is 3. The third-order valence-electron chi connectivity index (χ3n) is 2.60. The second kappa shape index (κ2) is 6.16. The fourth-order valence-electron chi connectivity index (χ4n) is 1.60. The molecule has 0 aliphatic rings. The maximum Gasteiger partial charge on any atom is 0.128 e. The van der Waals surface area contributed by atoms with Gasteiger partial charge in [-0.15, -0.1) is 0 Å². The Labute approximate surface area is 105 Å². The van der Waals surface area contributed by atoms with Gasteiger partial charge in [-0.3, -0.25) is 4.68 Å². The van der Waals surface area contributed by atoms with Crippen molar-refractivity contribution in [3.63, 3.8) is 0 Å². The van der Waals surface area contributed by atoms with Gasteiger partial charge in [-0.25, -0.2) is 4.39 Å². The topological polar surface area (TPSA) is 39.1 Å². The molecule has 0 fully saturated rings. The number of anilines is 1. The molecule has 2 rings (SSSR count). The van der Waals surface area contributed by atoms with Gasteiger partial charge in [0.05, 0.1) is 25.0 Å². The Balaban J connectivity index is 1.90. The smallest absolute Gasteiger partial charge is 0.128 e. The van der Waals surface area contributed by atoms with Gasteiger partial charge in [-0.05, 0) is 6.07 Å². The van der Waals surface area contributed by atoms with Gasteiger partial charge in [0.15, 0.2) is 0 Å². The summed E-state index contributed by atoms with van der Waals surface area (Å²) in [5.74, 6) is -0.197. The summed E-state index contributed by atoms with van der Waals surface area (Å²) in [5, 5.41) is 7.30. The minimum absolute atomic E-state index is 0.197. The van der Waals surface area contributed by atoms with E-state index in [1.165, 1.54) is 6.07 Å². The Morgan fingerprint density at radius 1 is 1.39 bits per heavy atom. The van der Waals surface area contributed by atoms with Crippen molar-refractivity contribution in [2.45, 2.75) is 13.1 Å². The molecule has 0 spiro atoms. The number of halogens is 1. The van der Waals surface area contributed by atoms with Crippen LogP contribution in [0.2, 0.25) is 0 Å². The highest BCUT2D eigenvalue weighted by molar-refractivity contribution is 5.39. The van der Waals surface area contributed by atoms with Crippen molar-refractivity contribution >= 4 is 5.69 Å². The molecule has 1 N–H and O–H groups in total. The minimum Gasteiger partial charge on any atom is -0.383 e. The molecule has 0 saturated heterocycles. The van der Waals surface area contributed by atoms with E-state index >= 15 is 0 Å². The molecule has 0 aliphatic carbocycles. The summed E-state index contributed by atoms with van der Waals surface area (Å²) in [6.45, 7) is 1.77. The Hall–Kier alpha value is -1.88. The van der Waals surface area contributed by atoms with Gasteiger partial charge in [0.1, 0.15) is 5.82 Å². The highest BCUT2D eigenvalue weighted by Crippen LogP contribution is 2.10. The van der Waals surface area contributed by atoms with Gasteiger partial charge >= 0.3 is 0 Å². The zero-order chi connectivity index (χ0) is 12.8. The molecule has 1 heterocycles. The average Bonchev–Trinajstić information content (AvgIpc) is 2.83. The van der Waals surface area contributed by atoms with Gasteiger partial charge in [0, 0.05) is 25.4 Å². The molecular formula is C13H16FN3O. The van der Waals surface area contributed by atoms with E-state index in [9.17, 15) is 4.39 Å². The van der Waals surface area contributed by atoms with Crippen molar-refractivity contribution in [2.75, 3.05) is 19.0 Å². The Morgan fingerprint density at radius 2 is 2.22 bits per heavy atom. The molecule has 5 heteroatoms. The van der Waals surface area contributed by atoms with E-state index in [4.69, 9.17) is 4.74 Å². The number of nitrogens with one attached hydrogen (secondary N) is 1. The average molecular weight is 249 g/mol. The zero-order valence-corrected chi connectivity index (χ0v) is 10.3. The van der Waals surface area contributed by atoms with Crippen LogP contribution < -0.4 is 5.32 Å². The zero-order valence-electron chi connectivity index (χ0n) is 10.3. The first kappa shape index (κ1) is 12.6. The number of nitrogens with zero attached hydrogens (tertiary/aromatic N) is 2. The molecule has 0 saturated carbocycles. The van der Waals surface area contributed by atoms with Crippen molar-refractivity contribution < 1.29 is 9.13 Å². The Kier molecular flexibility index (Phi) is 4.30. The third-order valence-corrected chi connectivity index (χ3v) is 2.60. The standard InChI is InChI=1S/C13H16FN3O/c1-18-7-6-17-10-12(9-16-17)15-8-11-4-2-3-5-13(11)14/h2-5,9-10,15H,6-8H2,1H3. The number of aromatic nitrogens is 2. The van der Waals surface area contributed by atoms with Gasteiger partial charge in [0.25, 0.3) is 0 Å². The molecule has 4 nitrogen and oxygen atoms in total. The second-order valence-electron chi connectivity index (χ2n) is 3.93. The van der Waals surface area contributed by atoms with Crippen molar-refractivity contribution in [2.24, 2.45) is 0 Å². The predicted molar refractivity (Wildman–Crippen MR) is 67.8 cm³/mol. The Morgan fingerprint density at radius 3 is 3.00 bits per heavy atom. The molecule has 1 aromatic heterocycles. The summed E-state index contributed by atoms with van der Waals surface area (Å²) in [4.78, 5) is 0. The van der Waals surface area contributed by atoms with E-state index < -0.39 is 0 Å². The van der Waals surface area contributed by atoms with E-state index in [0.717, 1.165) is 5.69 Å². The van der Waals surface area contributed by atoms with Crippen LogP contribution in [0.3, 0.4) is 0 Å². The van der Waals surface area contributed by atoms with Crippen LogP contribution in [0.25, 0.3) is 0 Å². The van der Waals surface area contributed by atoms with Crippen molar-refractivity contribution in [3.8, 4) is 0 Å². The SMILES string of the molecule is COCCn1cc(NCc2ccccc2F)cn1. The molecule has 18 heavy (non-hydrogen) atoms. The molecule has 0 radical (unpaired) electrons.